The molecule has 178 valence electrons. The lowest BCUT2D eigenvalue weighted by atomic mass is 10.0. The van der Waals surface area contributed by atoms with Crippen LogP contribution in [0.25, 0.3) is 0 Å². The largest absolute Gasteiger partial charge is 0.493 e. The van der Waals surface area contributed by atoms with E-state index in [0.29, 0.717) is 50.0 Å². The molecule has 0 bridgehead atoms. The summed E-state index contributed by atoms with van der Waals surface area (Å²) in [5.41, 5.74) is 6.79. The first-order chi connectivity index (χ1) is 15.1. The summed E-state index contributed by atoms with van der Waals surface area (Å²) in [7, 11) is 4.66. The number of nitrogens with two attached hydrogens (primary N) is 1. The zero-order chi connectivity index (χ0) is 22.9. The van der Waals surface area contributed by atoms with Gasteiger partial charge in [0.25, 0.3) is 5.91 Å². The van der Waals surface area contributed by atoms with Crippen molar-refractivity contribution in [2.24, 2.45) is 5.73 Å². The van der Waals surface area contributed by atoms with E-state index in [4.69, 9.17) is 24.7 Å². The molecule has 2 rings (SSSR count). The molecule has 0 saturated carbocycles. The van der Waals surface area contributed by atoms with Crippen LogP contribution in [0.5, 0.6) is 11.5 Å². The third-order valence-electron chi connectivity index (χ3n) is 5.04. The quantitative estimate of drug-likeness (QED) is 0.455. The van der Waals surface area contributed by atoms with Gasteiger partial charge in [0.15, 0.2) is 11.5 Å². The summed E-state index contributed by atoms with van der Waals surface area (Å²) >= 11 is 0. The van der Waals surface area contributed by atoms with Crippen LogP contribution < -0.4 is 20.5 Å². The maximum atomic E-state index is 12.0. The number of likely N-dealkylation sites (tertiary alicyclic amines) is 1. The topological polar surface area (TPSA) is 95.3 Å². The Morgan fingerprint density at radius 2 is 1.74 bits per heavy atom. The molecule has 1 aliphatic heterocycles. The summed E-state index contributed by atoms with van der Waals surface area (Å²) in [6, 6.07) is 3.71. The van der Waals surface area contributed by atoms with Crippen LogP contribution in [0.1, 0.15) is 42.1 Å². The van der Waals surface area contributed by atoms with E-state index in [9.17, 15) is 4.79 Å². The maximum Gasteiger partial charge on any atom is 0.254 e. The van der Waals surface area contributed by atoms with Crippen molar-refractivity contribution in [3.8, 4) is 11.5 Å². The van der Waals surface area contributed by atoms with Crippen LogP contribution in [0.15, 0.2) is 12.1 Å². The van der Waals surface area contributed by atoms with Gasteiger partial charge in [-0.25, -0.2) is 0 Å². The average molecular weight is 440 g/mol. The van der Waals surface area contributed by atoms with E-state index in [1.807, 2.05) is 12.1 Å². The monoisotopic (exact) mass is 439 g/mol. The summed E-state index contributed by atoms with van der Waals surface area (Å²) < 4.78 is 21.4. The Hall–Kier alpha value is -1.87. The molecule has 31 heavy (non-hydrogen) atoms. The standard InChI is InChI=1S/C17H28N2O5.C6H13N/c1-19-17(20)14-11-13(12-15(21-2)16(14)22-3)5-4-7-23-9-10-24-8-6-18;1-2-7-5-3-4-6-7/h11-12H,4-10,18H2,1-3H3,(H,19,20);2-6H2,1H3. The van der Waals surface area contributed by atoms with Gasteiger partial charge in [0.1, 0.15) is 0 Å². The summed E-state index contributed by atoms with van der Waals surface area (Å²) in [4.78, 5) is 14.5. The van der Waals surface area contributed by atoms with Crippen molar-refractivity contribution in [1.82, 2.24) is 10.2 Å². The number of ether oxygens (including phenoxy) is 4. The van der Waals surface area contributed by atoms with E-state index in [1.165, 1.54) is 39.6 Å². The fourth-order valence-electron chi connectivity index (χ4n) is 3.35. The van der Waals surface area contributed by atoms with Crippen molar-refractivity contribution in [3.63, 3.8) is 0 Å². The van der Waals surface area contributed by atoms with Crippen molar-refractivity contribution in [2.75, 3.05) is 73.9 Å². The molecule has 1 amide bonds. The molecule has 0 aromatic heterocycles. The number of hydrogen-bond donors (Lipinski definition) is 2. The summed E-state index contributed by atoms with van der Waals surface area (Å²) in [5, 5.41) is 2.61. The molecule has 0 unspecified atom stereocenters. The van der Waals surface area contributed by atoms with Crippen LogP contribution >= 0.6 is 0 Å². The second-order valence-electron chi connectivity index (χ2n) is 7.22. The highest BCUT2D eigenvalue weighted by molar-refractivity contribution is 5.97. The molecule has 3 N–H and O–H groups in total. The number of nitrogens with zero attached hydrogens (tertiary/aromatic N) is 1. The number of benzene rings is 1. The van der Waals surface area contributed by atoms with Gasteiger partial charge in [-0.15, -0.1) is 0 Å². The number of amides is 1. The molecule has 8 heteroatoms. The predicted molar refractivity (Wildman–Crippen MR) is 123 cm³/mol. The van der Waals surface area contributed by atoms with Crippen LogP contribution in [-0.4, -0.2) is 84.7 Å². The van der Waals surface area contributed by atoms with E-state index in [2.05, 4.69) is 17.1 Å². The van der Waals surface area contributed by atoms with Gasteiger partial charge in [0.05, 0.1) is 39.6 Å². The van der Waals surface area contributed by atoms with Gasteiger partial charge < -0.3 is 34.9 Å². The Bertz CT molecular complexity index is 621. The predicted octanol–water partition coefficient (Wildman–Crippen LogP) is 2.09. The molecule has 0 spiro atoms. The van der Waals surface area contributed by atoms with Crippen molar-refractivity contribution >= 4 is 5.91 Å². The Kier molecular flexibility index (Phi) is 14.7. The SMILES string of the molecule is CCN1CCCC1.CNC(=O)c1cc(CCCOCCOCCN)cc(OC)c1OC. The first-order valence-electron chi connectivity index (χ1n) is 11.2. The minimum Gasteiger partial charge on any atom is -0.493 e. The third-order valence-corrected chi connectivity index (χ3v) is 5.04. The highest BCUT2D eigenvalue weighted by atomic mass is 16.5. The minimum atomic E-state index is -0.208. The smallest absolute Gasteiger partial charge is 0.254 e. The van der Waals surface area contributed by atoms with Gasteiger partial charge in [-0.2, -0.15) is 0 Å². The Balaban J connectivity index is 0.000000577. The molecule has 0 atom stereocenters. The zero-order valence-corrected chi connectivity index (χ0v) is 19.7. The number of carbonyl (C=O) groups is 1. The Morgan fingerprint density at radius 3 is 2.26 bits per heavy atom. The molecule has 1 aromatic carbocycles. The molecule has 1 saturated heterocycles. The van der Waals surface area contributed by atoms with E-state index in [-0.39, 0.29) is 5.91 Å². The lowest BCUT2D eigenvalue weighted by Crippen LogP contribution is -2.19. The zero-order valence-electron chi connectivity index (χ0n) is 19.7. The van der Waals surface area contributed by atoms with Crippen molar-refractivity contribution in [3.05, 3.63) is 23.3 Å². The van der Waals surface area contributed by atoms with Gasteiger partial charge in [0, 0.05) is 20.2 Å². The Morgan fingerprint density at radius 1 is 1.06 bits per heavy atom. The molecule has 8 nitrogen and oxygen atoms in total. The van der Waals surface area contributed by atoms with Gasteiger partial charge >= 0.3 is 0 Å². The number of rotatable bonds is 13. The minimum absolute atomic E-state index is 0.208. The number of methoxy groups -OCH3 is 2. The summed E-state index contributed by atoms with van der Waals surface area (Å²) in [5.74, 6) is 0.777. The van der Waals surface area contributed by atoms with E-state index < -0.39 is 0 Å². The summed E-state index contributed by atoms with van der Waals surface area (Å²) in [6.45, 7) is 8.96. The van der Waals surface area contributed by atoms with Crippen molar-refractivity contribution in [1.29, 1.82) is 0 Å². The van der Waals surface area contributed by atoms with E-state index >= 15 is 0 Å². The first kappa shape index (κ1) is 27.2. The summed E-state index contributed by atoms with van der Waals surface area (Å²) in [6.07, 6.45) is 4.45. The molecule has 1 fully saturated rings. The Labute approximate surface area is 187 Å². The maximum absolute atomic E-state index is 12.0. The van der Waals surface area contributed by atoms with Crippen LogP contribution in [0.3, 0.4) is 0 Å². The number of hydrogen-bond acceptors (Lipinski definition) is 7. The van der Waals surface area contributed by atoms with Crippen LogP contribution in [0.4, 0.5) is 0 Å². The van der Waals surface area contributed by atoms with Crippen LogP contribution in [0, 0.1) is 0 Å². The van der Waals surface area contributed by atoms with E-state index in [0.717, 1.165) is 18.4 Å². The van der Waals surface area contributed by atoms with Gasteiger partial charge in [-0.3, -0.25) is 4.79 Å². The lowest BCUT2D eigenvalue weighted by molar-refractivity contribution is 0.0499. The normalized spacial score (nSPS) is 13.5. The fourth-order valence-corrected chi connectivity index (χ4v) is 3.35. The molecule has 1 heterocycles. The average Bonchev–Trinajstić information content (AvgIpc) is 3.34. The van der Waals surface area contributed by atoms with Gasteiger partial charge in [-0.05, 0) is 63.0 Å². The highest BCUT2D eigenvalue weighted by Crippen LogP contribution is 2.33. The number of carbonyl (C=O) groups excluding carboxylic acids is 1. The van der Waals surface area contributed by atoms with Gasteiger partial charge in [0.2, 0.25) is 0 Å². The number of aryl methyl sites for hydroxylation is 1. The fraction of sp³-hybridized carbons (Fsp3) is 0.696. The van der Waals surface area contributed by atoms with E-state index in [1.54, 1.807) is 14.2 Å². The van der Waals surface area contributed by atoms with Crippen molar-refractivity contribution < 1.29 is 23.7 Å². The number of nitrogens with one attached hydrogen (secondary N) is 1. The second-order valence-corrected chi connectivity index (χ2v) is 7.22. The molecule has 0 radical (unpaired) electrons. The first-order valence-corrected chi connectivity index (χ1v) is 11.2. The van der Waals surface area contributed by atoms with Crippen LogP contribution in [-0.2, 0) is 15.9 Å². The molecular weight excluding hydrogens is 398 g/mol. The highest BCUT2D eigenvalue weighted by Gasteiger charge is 2.17. The molecule has 1 aliphatic rings. The molecular formula is C23H41N3O5. The molecule has 1 aromatic rings. The van der Waals surface area contributed by atoms with Crippen LogP contribution in [0.2, 0.25) is 0 Å². The lowest BCUT2D eigenvalue weighted by Gasteiger charge is -2.14. The molecule has 0 aliphatic carbocycles. The van der Waals surface area contributed by atoms with Gasteiger partial charge in [-0.1, -0.05) is 6.92 Å². The third kappa shape index (κ3) is 10.3. The van der Waals surface area contributed by atoms with Crippen molar-refractivity contribution in [2.45, 2.75) is 32.6 Å². The second kappa shape index (κ2) is 16.8.